The number of sulfonamides is 1. The van der Waals surface area contributed by atoms with Crippen molar-refractivity contribution in [3.05, 3.63) is 78.1 Å². The third-order valence-electron chi connectivity index (χ3n) is 4.29. The van der Waals surface area contributed by atoms with Gasteiger partial charge in [0.15, 0.2) is 11.5 Å². The Bertz CT molecular complexity index is 1250. The molecule has 0 spiro atoms. The molecule has 4 rings (SSSR count). The van der Waals surface area contributed by atoms with E-state index in [0.29, 0.717) is 23.8 Å². The summed E-state index contributed by atoms with van der Waals surface area (Å²) in [6.07, 6.45) is 3.76. The highest BCUT2D eigenvalue weighted by atomic mass is 32.2. The molecule has 2 N–H and O–H groups in total. The molecular formula is C19H18FN7O2S. The van der Waals surface area contributed by atoms with E-state index in [1.54, 1.807) is 29.0 Å². The summed E-state index contributed by atoms with van der Waals surface area (Å²) in [5.74, 6) is 0.638. The molecule has 0 bridgehead atoms. The third kappa shape index (κ3) is 4.58. The lowest BCUT2D eigenvalue weighted by molar-refractivity contribution is 0.579. The van der Waals surface area contributed by atoms with E-state index in [1.807, 2.05) is 12.1 Å². The van der Waals surface area contributed by atoms with Gasteiger partial charge in [0.2, 0.25) is 10.0 Å². The van der Waals surface area contributed by atoms with Crippen LogP contribution in [-0.2, 0) is 23.0 Å². The van der Waals surface area contributed by atoms with Gasteiger partial charge in [-0.1, -0.05) is 6.07 Å². The van der Waals surface area contributed by atoms with Gasteiger partial charge in [-0.25, -0.2) is 17.5 Å². The van der Waals surface area contributed by atoms with Crippen molar-refractivity contribution in [2.45, 2.75) is 17.9 Å². The van der Waals surface area contributed by atoms with Crippen molar-refractivity contribution in [1.29, 1.82) is 0 Å². The van der Waals surface area contributed by atoms with Gasteiger partial charge in [0.05, 0.1) is 4.90 Å². The minimum atomic E-state index is -3.74. The molecule has 0 fully saturated rings. The molecule has 4 aromatic rings. The van der Waals surface area contributed by atoms with Gasteiger partial charge in [0.25, 0.3) is 0 Å². The minimum Gasteiger partial charge on any atom is -0.364 e. The average molecular weight is 427 g/mol. The zero-order valence-corrected chi connectivity index (χ0v) is 16.6. The maximum absolute atomic E-state index is 13.0. The predicted molar refractivity (Wildman–Crippen MR) is 108 cm³/mol. The molecule has 0 aliphatic heterocycles. The zero-order valence-electron chi connectivity index (χ0n) is 15.7. The fourth-order valence-electron chi connectivity index (χ4n) is 2.77. The molecule has 0 aliphatic rings. The Morgan fingerprint density at radius 3 is 2.63 bits per heavy atom. The summed E-state index contributed by atoms with van der Waals surface area (Å²) >= 11 is 0. The highest BCUT2D eigenvalue weighted by Gasteiger charge is 2.15. The van der Waals surface area contributed by atoms with Crippen LogP contribution in [0.3, 0.4) is 0 Å². The molecule has 3 aromatic heterocycles. The van der Waals surface area contributed by atoms with Gasteiger partial charge in [-0.3, -0.25) is 4.98 Å². The standard InChI is InChI=1S/C19H18FN7O2S/c20-15-3-5-16(6-4-15)30(28,29)23-11-9-19-25-24-18-8-7-17(26-27(18)19)22-13-14-2-1-10-21-12-14/h1-8,10,12,23H,9,11,13H2,(H,22,26). The van der Waals surface area contributed by atoms with E-state index < -0.39 is 15.8 Å². The van der Waals surface area contributed by atoms with E-state index in [4.69, 9.17) is 0 Å². The quantitative estimate of drug-likeness (QED) is 0.441. The molecule has 0 saturated heterocycles. The second-order valence-electron chi connectivity index (χ2n) is 6.42. The first kappa shape index (κ1) is 19.9. The lowest BCUT2D eigenvalue weighted by Gasteiger charge is -2.07. The number of nitrogens with one attached hydrogen (secondary N) is 2. The first-order valence-corrected chi connectivity index (χ1v) is 10.6. The number of halogens is 1. The molecule has 11 heteroatoms. The predicted octanol–water partition coefficient (Wildman–Crippen LogP) is 1.79. The number of aromatic nitrogens is 5. The van der Waals surface area contributed by atoms with Gasteiger partial charge in [-0.05, 0) is 48.0 Å². The fraction of sp³-hybridized carbons (Fsp3) is 0.158. The van der Waals surface area contributed by atoms with Gasteiger partial charge < -0.3 is 5.32 Å². The Hall–Kier alpha value is -3.44. The molecule has 0 amide bonds. The molecule has 30 heavy (non-hydrogen) atoms. The van der Waals surface area contributed by atoms with E-state index in [0.717, 1.165) is 17.7 Å². The minimum absolute atomic E-state index is 0.00462. The number of anilines is 1. The molecular weight excluding hydrogens is 409 g/mol. The summed E-state index contributed by atoms with van der Waals surface area (Å²) in [4.78, 5) is 4.07. The number of nitrogens with zero attached hydrogens (tertiary/aromatic N) is 5. The van der Waals surface area contributed by atoms with Crippen molar-refractivity contribution < 1.29 is 12.8 Å². The Labute approximate surface area is 172 Å². The van der Waals surface area contributed by atoms with Crippen LogP contribution in [0.4, 0.5) is 10.2 Å². The Morgan fingerprint density at radius 1 is 1.03 bits per heavy atom. The van der Waals surface area contributed by atoms with Crippen LogP contribution < -0.4 is 10.0 Å². The van der Waals surface area contributed by atoms with Crippen molar-refractivity contribution in [3.8, 4) is 0 Å². The molecule has 9 nitrogen and oxygen atoms in total. The lowest BCUT2D eigenvalue weighted by atomic mass is 10.3. The maximum atomic E-state index is 13.0. The third-order valence-corrected chi connectivity index (χ3v) is 5.77. The Kier molecular flexibility index (Phi) is 5.63. The van der Waals surface area contributed by atoms with Crippen LogP contribution in [0.1, 0.15) is 11.4 Å². The van der Waals surface area contributed by atoms with Crippen molar-refractivity contribution in [1.82, 2.24) is 29.5 Å². The first-order valence-electron chi connectivity index (χ1n) is 9.11. The zero-order chi connectivity index (χ0) is 21.0. The highest BCUT2D eigenvalue weighted by Crippen LogP contribution is 2.11. The van der Waals surface area contributed by atoms with Crippen LogP contribution in [0.2, 0.25) is 0 Å². The Balaban J connectivity index is 1.42. The molecule has 0 saturated carbocycles. The van der Waals surface area contributed by atoms with Crippen LogP contribution >= 0.6 is 0 Å². The number of hydrogen-bond donors (Lipinski definition) is 2. The van der Waals surface area contributed by atoms with E-state index in [1.165, 1.54) is 12.1 Å². The van der Waals surface area contributed by atoms with Crippen LogP contribution in [0.5, 0.6) is 0 Å². The number of pyridine rings is 1. The topological polar surface area (TPSA) is 114 Å². The summed E-state index contributed by atoms with van der Waals surface area (Å²) in [5.41, 5.74) is 1.57. The van der Waals surface area contributed by atoms with Gasteiger partial charge in [0, 0.05) is 31.9 Å². The van der Waals surface area contributed by atoms with Crippen molar-refractivity contribution >= 4 is 21.5 Å². The van der Waals surface area contributed by atoms with E-state index in [-0.39, 0.29) is 17.9 Å². The molecule has 3 heterocycles. The Morgan fingerprint density at radius 2 is 1.87 bits per heavy atom. The second-order valence-corrected chi connectivity index (χ2v) is 8.19. The van der Waals surface area contributed by atoms with Crippen LogP contribution in [0.15, 0.2) is 65.8 Å². The van der Waals surface area contributed by atoms with Gasteiger partial charge in [0.1, 0.15) is 11.6 Å². The first-order chi connectivity index (χ1) is 14.5. The van der Waals surface area contributed by atoms with Crippen molar-refractivity contribution in [2.24, 2.45) is 0 Å². The SMILES string of the molecule is O=S(=O)(NCCc1nnc2ccc(NCc3cccnc3)nn12)c1ccc(F)cc1. The number of hydrogen-bond acceptors (Lipinski definition) is 7. The monoisotopic (exact) mass is 427 g/mol. The average Bonchev–Trinajstić information content (AvgIpc) is 3.15. The van der Waals surface area contributed by atoms with Gasteiger partial charge in [-0.2, -0.15) is 4.52 Å². The molecule has 1 aromatic carbocycles. The second kappa shape index (κ2) is 8.51. The smallest absolute Gasteiger partial charge is 0.240 e. The molecule has 0 atom stereocenters. The molecule has 154 valence electrons. The van der Waals surface area contributed by atoms with Crippen molar-refractivity contribution in [3.63, 3.8) is 0 Å². The maximum Gasteiger partial charge on any atom is 0.240 e. The summed E-state index contributed by atoms with van der Waals surface area (Å²) in [5, 5.41) is 15.8. The fourth-order valence-corrected chi connectivity index (χ4v) is 3.80. The molecule has 0 unspecified atom stereocenters. The number of rotatable bonds is 8. The summed E-state index contributed by atoms with van der Waals surface area (Å²) in [6.45, 7) is 0.650. The van der Waals surface area contributed by atoms with E-state index in [9.17, 15) is 12.8 Å². The van der Waals surface area contributed by atoms with Crippen LogP contribution in [0.25, 0.3) is 5.65 Å². The molecule has 0 radical (unpaired) electrons. The van der Waals surface area contributed by atoms with Gasteiger partial charge >= 0.3 is 0 Å². The van der Waals surface area contributed by atoms with Crippen LogP contribution in [-0.4, -0.2) is 39.8 Å². The van der Waals surface area contributed by atoms with E-state index in [2.05, 4.69) is 30.3 Å². The highest BCUT2D eigenvalue weighted by molar-refractivity contribution is 7.89. The number of benzene rings is 1. The van der Waals surface area contributed by atoms with Gasteiger partial charge in [-0.15, -0.1) is 15.3 Å². The van der Waals surface area contributed by atoms with E-state index >= 15 is 0 Å². The largest absolute Gasteiger partial charge is 0.364 e. The lowest BCUT2D eigenvalue weighted by Crippen LogP contribution is -2.26. The van der Waals surface area contributed by atoms with Crippen molar-refractivity contribution in [2.75, 3.05) is 11.9 Å². The van der Waals surface area contributed by atoms with Crippen LogP contribution in [0, 0.1) is 5.82 Å². The summed E-state index contributed by atoms with van der Waals surface area (Å²) < 4.78 is 41.6. The normalized spacial score (nSPS) is 11.6. The molecule has 0 aliphatic carbocycles. The summed E-state index contributed by atoms with van der Waals surface area (Å²) in [6, 6.07) is 12.0. The number of fused-ring (bicyclic) bond motifs is 1. The summed E-state index contributed by atoms with van der Waals surface area (Å²) in [7, 11) is -3.74.